The average Bonchev–Trinajstić information content (AvgIpc) is 2.59. The lowest BCUT2D eigenvalue weighted by Crippen LogP contribution is -2.46. The highest BCUT2D eigenvalue weighted by atomic mass is 32.1. The van der Waals surface area contributed by atoms with Crippen LogP contribution in [0.1, 0.15) is 18.9 Å². The molecule has 1 aromatic heterocycles. The van der Waals surface area contributed by atoms with Gasteiger partial charge in [-0.05, 0) is 12.8 Å². The predicted octanol–water partition coefficient (Wildman–Crippen LogP) is 1.08. The second-order valence-corrected chi connectivity index (χ2v) is 4.97. The number of aryl methyl sites for hydroxylation is 1. The molecule has 0 aromatic carbocycles. The Kier molecular flexibility index (Phi) is 4.38. The van der Waals surface area contributed by atoms with Gasteiger partial charge in [-0.1, -0.05) is 25.2 Å². The number of amides is 2. The van der Waals surface area contributed by atoms with Crippen LogP contribution < -0.4 is 10.6 Å². The van der Waals surface area contributed by atoms with Crippen LogP contribution in [0.5, 0.6) is 0 Å². The molecule has 0 aliphatic carbocycles. The van der Waals surface area contributed by atoms with E-state index < -0.39 is 18.0 Å². The van der Waals surface area contributed by atoms with E-state index in [1.165, 1.54) is 11.3 Å². The van der Waals surface area contributed by atoms with Gasteiger partial charge >= 0.3 is 12.0 Å². The average molecular weight is 258 g/mol. The molecule has 0 spiro atoms. The number of carboxylic acids is 1. The Labute approximate surface area is 102 Å². The summed E-state index contributed by atoms with van der Waals surface area (Å²) >= 11 is 1.22. The largest absolute Gasteiger partial charge is 0.480 e. The number of rotatable bonds is 4. The van der Waals surface area contributed by atoms with Crippen molar-refractivity contribution in [2.75, 3.05) is 5.32 Å². The van der Waals surface area contributed by atoms with Gasteiger partial charge in [-0.15, -0.1) is 10.2 Å². The highest BCUT2D eigenvalue weighted by molar-refractivity contribution is 7.15. The van der Waals surface area contributed by atoms with Gasteiger partial charge in [-0.25, -0.2) is 9.59 Å². The van der Waals surface area contributed by atoms with Crippen molar-refractivity contribution in [1.82, 2.24) is 15.5 Å². The van der Waals surface area contributed by atoms with Crippen LogP contribution in [0, 0.1) is 12.8 Å². The molecular weight excluding hydrogens is 244 g/mol. The summed E-state index contributed by atoms with van der Waals surface area (Å²) in [6.45, 7) is 5.19. The smallest absolute Gasteiger partial charge is 0.326 e. The van der Waals surface area contributed by atoms with Crippen molar-refractivity contribution < 1.29 is 14.7 Å². The molecule has 0 aliphatic heterocycles. The number of urea groups is 1. The van der Waals surface area contributed by atoms with Crippen molar-refractivity contribution in [2.24, 2.45) is 5.92 Å². The van der Waals surface area contributed by atoms with Gasteiger partial charge in [0, 0.05) is 0 Å². The van der Waals surface area contributed by atoms with Crippen molar-refractivity contribution in [3.8, 4) is 0 Å². The molecular formula is C9H14N4O3S. The van der Waals surface area contributed by atoms with E-state index in [-0.39, 0.29) is 5.92 Å². The summed E-state index contributed by atoms with van der Waals surface area (Å²) in [6.07, 6.45) is 0. The molecule has 0 radical (unpaired) electrons. The first kappa shape index (κ1) is 13.4. The van der Waals surface area contributed by atoms with E-state index >= 15 is 0 Å². The first-order valence-corrected chi connectivity index (χ1v) is 5.82. The summed E-state index contributed by atoms with van der Waals surface area (Å²) in [5.41, 5.74) is 0. The number of aromatic nitrogens is 2. The van der Waals surface area contributed by atoms with Crippen molar-refractivity contribution in [3.05, 3.63) is 5.01 Å². The van der Waals surface area contributed by atoms with Crippen LogP contribution in [0.2, 0.25) is 0 Å². The quantitative estimate of drug-likeness (QED) is 0.749. The maximum Gasteiger partial charge on any atom is 0.326 e. The van der Waals surface area contributed by atoms with Gasteiger partial charge in [-0.2, -0.15) is 0 Å². The number of carbonyl (C=O) groups is 2. The van der Waals surface area contributed by atoms with E-state index in [1.54, 1.807) is 20.8 Å². The van der Waals surface area contributed by atoms with Gasteiger partial charge in [0.1, 0.15) is 11.0 Å². The second kappa shape index (κ2) is 5.58. The van der Waals surface area contributed by atoms with E-state index in [0.29, 0.717) is 5.13 Å². The van der Waals surface area contributed by atoms with Gasteiger partial charge in [0.05, 0.1) is 0 Å². The van der Waals surface area contributed by atoms with E-state index in [4.69, 9.17) is 5.11 Å². The molecule has 1 atom stereocenters. The summed E-state index contributed by atoms with van der Waals surface area (Å²) in [7, 11) is 0. The molecule has 0 saturated carbocycles. The van der Waals surface area contributed by atoms with E-state index in [9.17, 15) is 9.59 Å². The zero-order valence-electron chi connectivity index (χ0n) is 9.72. The topological polar surface area (TPSA) is 104 Å². The third kappa shape index (κ3) is 3.99. The standard InChI is InChI=1S/C9H14N4O3S/c1-4(2)6(7(14)15)10-8(16)11-9-13-12-5(3)17-9/h4,6H,1-3H3,(H,14,15)(H2,10,11,13,16). The summed E-state index contributed by atoms with van der Waals surface area (Å²) in [5.74, 6) is -1.27. The molecule has 2 amide bonds. The van der Waals surface area contributed by atoms with Crippen LogP contribution in [0.25, 0.3) is 0 Å². The number of nitrogens with one attached hydrogen (secondary N) is 2. The molecule has 17 heavy (non-hydrogen) atoms. The number of aliphatic carboxylic acids is 1. The predicted molar refractivity (Wildman–Crippen MR) is 63.1 cm³/mol. The van der Waals surface area contributed by atoms with Gasteiger partial charge in [0.2, 0.25) is 5.13 Å². The van der Waals surface area contributed by atoms with Crippen LogP contribution in [-0.4, -0.2) is 33.3 Å². The SMILES string of the molecule is Cc1nnc(NC(=O)NC(C(=O)O)C(C)C)s1. The van der Waals surface area contributed by atoms with E-state index in [1.807, 2.05) is 0 Å². The molecule has 3 N–H and O–H groups in total. The zero-order valence-corrected chi connectivity index (χ0v) is 10.5. The fourth-order valence-corrected chi connectivity index (χ4v) is 1.72. The van der Waals surface area contributed by atoms with Gasteiger partial charge < -0.3 is 10.4 Å². The summed E-state index contributed by atoms with van der Waals surface area (Å²) in [6, 6.07) is -1.52. The highest BCUT2D eigenvalue weighted by Crippen LogP contribution is 2.13. The molecule has 7 nitrogen and oxygen atoms in total. The second-order valence-electron chi connectivity index (χ2n) is 3.78. The van der Waals surface area contributed by atoms with Gasteiger partial charge in [0.25, 0.3) is 0 Å². The Bertz CT molecular complexity index is 418. The van der Waals surface area contributed by atoms with Crippen molar-refractivity contribution in [3.63, 3.8) is 0 Å². The molecule has 0 fully saturated rings. The molecule has 1 aromatic rings. The lowest BCUT2D eigenvalue weighted by atomic mass is 10.1. The summed E-state index contributed by atoms with van der Waals surface area (Å²) in [5, 5.41) is 22.2. The van der Waals surface area contributed by atoms with E-state index in [2.05, 4.69) is 20.8 Å². The lowest BCUT2D eigenvalue weighted by molar-refractivity contribution is -0.140. The highest BCUT2D eigenvalue weighted by Gasteiger charge is 2.23. The molecule has 0 saturated heterocycles. The first-order valence-electron chi connectivity index (χ1n) is 5.00. The van der Waals surface area contributed by atoms with Gasteiger partial charge in [-0.3, -0.25) is 5.32 Å². The van der Waals surface area contributed by atoms with Crippen molar-refractivity contribution in [1.29, 1.82) is 0 Å². The minimum absolute atomic E-state index is 0.200. The fraction of sp³-hybridized carbons (Fsp3) is 0.556. The lowest BCUT2D eigenvalue weighted by Gasteiger charge is -2.17. The maximum absolute atomic E-state index is 11.5. The molecule has 0 bridgehead atoms. The minimum atomic E-state index is -1.07. The number of hydrogen-bond donors (Lipinski definition) is 3. The Morgan fingerprint density at radius 2 is 2.00 bits per heavy atom. The molecule has 94 valence electrons. The Morgan fingerprint density at radius 3 is 2.41 bits per heavy atom. The van der Waals surface area contributed by atoms with Crippen molar-refractivity contribution in [2.45, 2.75) is 26.8 Å². The van der Waals surface area contributed by atoms with E-state index in [0.717, 1.165) is 5.01 Å². The maximum atomic E-state index is 11.5. The van der Waals surface area contributed by atoms with Crippen LogP contribution in [-0.2, 0) is 4.79 Å². The zero-order chi connectivity index (χ0) is 13.0. The Hall–Kier alpha value is -1.70. The Balaban J connectivity index is 2.56. The van der Waals surface area contributed by atoms with Crippen LogP contribution >= 0.6 is 11.3 Å². The Morgan fingerprint density at radius 1 is 1.35 bits per heavy atom. The molecule has 8 heteroatoms. The summed E-state index contributed by atoms with van der Waals surface area (Å²) < 4.78 is 0. The van der Waals surface area contributed by atoms with Crippen LogP contribution in [0.15, 0.2) is 0 Å². The number of carbonyl (C=O) groups excluding carboxylic acids is 1. The molecule has 0 aliphatic rings. The number of hydrogen-bond acceptors (Lipinski definition) is 5. The van der Waals surface area contributed by atoms with Crippen molar-refractivity contribution >= 4 is 28.5 Å². The third-order valence-corrected chi connectivity index (χ3v) is 2.72. The minimum Gasteiger partial charge on any atom is -0.480 e. The number of nitrogens with zero attached hydrogens (tertiary/aromatic N) is 2. The van der Waals surface area contributed by atoms with Crippen LogP contribution in [0.3, 0.4) is 0 Å². The fourth-order valence-electron chi connectivity index (χ4n) is 1.14. The normalized spacial score (nSPS) is 12.2. The number of anilines is 1. The molecule has 1 unspecified atom stereocenters. The van der Waals surface area contributed by atoms with Gasteiger partial charge in [0.15, 0.2) is 0 Å². The molecule has 1 rings (SSSR count). The first-order chi connectivity index (χ1) is 7.90. The third-order valence-electron chi connectivity index (χ3n) is 1.97. The number of carboxylic acid groups (broad SMARTS) is 1. The molecule has 1 heterocycles. The monoisotopic (exact) mass is 258 g/mol. The summed E-state index contributed by atoms with van der Waals surface area (Å²) in [4.78, 5) is 22.4. The van der Waals surface area contributed by atoms with Crippen LogP contribution in [0.4, 0.5) is 9.93 Å².